The van der Waals surface area contributed by atoms with Gasteiger partial charge in [-0.2, -0.15) is 18.3 Å². The first-order chi connectivity index (χ1) is 19.8. The number of hydrogen-bond donors (Lipinski definition) is 2. The Kier molecular flexibility index (Phi) is 7.12. The Hall–Kier alpha value is -4.39. The number of ether oxygens (including phenoxy) is 2. The van der Waals surface area contributed by atoms with E-state index in [9.17, 15) is 13.2 Å². The van der Waals surface area contributed by atoms with Crippen molar-refractivity contribution >= 4 is 11.6 Å². The van der Waals surface area contributed by atoms with E-state index >= 15 is 0 Å². The maximum absolute atomic E-state index is 12.8. The minimum absolute atomic E-state index is 0.00743. The summed E-state index contributed by atoms with van der Waals surface area (Å²) in [6, 6.07) is 9.68. The highest BCUT2D eigenvalue weighted by Gasteiger charge is 2.39. The fourth-order valence-corrected chi connectivity index (χ4v) is 5.63. The van der Waals surface area contributed by atoms with E-state index in [0.717, 1.165) is 44.0 Å². The number of rotatable bonds is 8. The standard InChI is InChI=1S/C28H29F3N8O2/c1-40-25-5-2-17(8-34-25)12-38-13-18-6-20(38)15-39(14-18)24-4-3-19(9-33-24)22-7-21(41-16-28(29,30)31)10-35-26(22)23-11-36-37-27(23)32/h2-5,7-11,18,20H,6,12-16H2,1H3,(H3,32,36,37). The van der Waals surface area contributed by atoms with E-state index in [1.54, 1.807) is 13.3 Å². The Morgan fingerprint density at radius 2 is 1.88 bits per heavy atom. The number of aromatic nitrogens is 5. The highest BCUT2D eigenvalue weighted by atomic mass is 19.4. The lowest BCUT2D eigenvalue weighted by molar-refractivity contribution is -0.153. The number of pyridine rings is 3. The van der Waals surface area contributed by atoms with E-state index in [4.69, 9.17) is 20.2 Å². The first-order valence-corrected chi connectivity index (χ1v) is 13.2. The van der Waals surface area contributed by atoms with Gasteiger partial charge in [-0.3, -0.25) is 15.0 Å². The largest absolute Gasteiger partial charge is 0.482 e. The summed E-state index contributed by atoms with van der Waals surface area (Å²) in [4.78, 5) is 18.2. The molecule has 4 aromatic heterocycles. The number of hydrogen-bond acceptors (Lipinski definition) is 9. The molecule has 2 atom stereocenters. The first-order valence-electron chi connectivity index (χ1n) is 13.2. The summed E-state index contributed by atoms with van der Waals surface area (Å²) in [7, 11) is 1.61. The molecule has 2 saturated heterocycles. The molecule has 0 aromatic carbocycles. The second-order valence-electron chi connectivity index (χ2n) is 10.4. The number of fused-ring (bicyclic) bond motifs is 2. The van der Waals surface area contributed by atoms with E-state index in [1.165, 1.54) is 18.5 Å². The van der Waals surface area contributed by atoms with E-state index < -0.39 is 12.8 Å². The Labute approximate surface area is 234 Å². The second kappa shape index (κ2) is 10.9. The zero-order valence-corrected chi connectivity index (χ0v) is 22.3. The Bertz CT molecular complexity index is 1490. The number of likely N-dealkylation sites (tertiary alicyclic amines) is 1. The Morgan fingerprint density at radius 3 is 2.56 bits per heavy atom. The van der Waals surface area contributed by atoms with Crippen LogP contribution in [0, 0.1) is 5.92 Å². The molecule has 3 N–H and O–H groups in total. The van der Waals surface area contributed by atoms with Gasteiger partial charge in [0.1, 0.15) is 17.4 Å². The van der Waals surface area contributed by atoms with Crippen molar-refractivity contribution in [3.05, 3.63) is 60.7 Å². The van der Waals surface area contributed by atoms with Crippen LogP contribution >= 0.6 is 0 Å². The molecule has 2 bridgehead atoms. The molecule has 6 rings (SSSR count). The van der Waals surface area contributed by atoms with Crippen LogP contribution in [-0.4, -0.2) is 75.6 Å². The van der Waals surface area contributed by atoms with Gasteiger partial charge in [0.05, 0.1) is 30.8 Å². The van der Waals surface area contributed by atoms with Gasteiger partial charge in [0.25, 0.3) is 0 Å². The second-order valence-corrected chi connectivity index (χ2v) is 10.4. The summed E-state index contributed by atoms with van der Waals surface area (Å²) < 4.78 is 48.4. The lowest BCUT2D eigenvalue weighted by Gasteiger charge is -2.33. The van der Waals surface area contributed by atoms with Crippen LogP contribution in [0.25, 0.3) is 22.4 Å². The lowest BCUT2D eigenvalue weighted by Crippen LogP contribution is -2.42. The van der Waals surface area contributed by atoms with Crippen LogP contribution in [0.1, 0.15) is 12.0 Å². The number of aromatic amines is 1. The van der Waals surface area contributed by atoms with Crippen LogP contribution in [0.4, 0.5) is 24.8 Å². The molecule has 0 spiro atoms. The van der Waals surface area contributed by atoms with Gasteiger partial charge in [0.2, 0.25) is 5.88 Å². The highest BCUT2D eigenvalue weighted by molar-refractivity contribution is 5.85. The third kappa shape index (κ3) is 5.89. The molecule has 0 aliphatic carbocycles. The zero-order valence-electron chi connectivity index (χ0n) is 22.3. The van der Waals surface area contributed by atoms with Crippen molar-refractivity contribution in [2.45, 2.75) is 25.2 Å². The number of alkyl halides is 3. The van der Waals surface area contributed by atoms with E-state index in [0.29, 0.717) is 46.0 Å². The maximum atomic E-state index is 12.8. The van der Waals surface area contributed by atoms with Gasteiger partial charge in [-0.25, -0.2) is 9.97 Å². The van der Waals surface area contributed by atoms with Gasteiger partial charge in [-0.1, -0.05) is 6.07 Å². The number of nitrogens with zero attached hydrogens (tertiary/aromatic N) is 6. The van der Waals surface area contributed by atoms with Crippen molar-refractivity contribution < 1.29 is 22.6 Å². The summed E-state index contributed by atoms with van der Waals surface area (Å²) in [6.07, 6.45) is 3.02. The minimum Gasteiger partial charge on any atom is -0.482 e. The molecule has 2 fully saturated rings. The number of H-pyrrole nitrogens is 1. The van der Waals surface area contributed by atoms with Crippen LogP contribution in [0.15, 0.2) is 55.1 Å². The summed E-state index contributed by atoms with van der Waals surface area (Å²) >= 11 is 0. The molecular formula is C28H29F3N8O2. The molecule has 0 saturated carbocycles. The number of nitrogens with one attached hydrogen (secondary N) is 1. The molecule has 13 heteroatoms. The number of anilines is 2. The fourth-order valence-electron chi connectivity index (χ4n) is 5.63. The molecule has 4 aromatic rings. The zero-order chi connectivity index (χ0) is 28.6. The van der Waals surface area contributed by atoms with Crippen molar-refractivity contribution in [1.29, 1.82) is 0 Å². The predicted octanol–water partition coefficient (Wildman–Crippen LogP) is 4.17. The van der Waals surface area contributed by atoms with Crippen molar-refractivity contribution in [3.63, 3.8) is 0 Å². The third-order valence-corrected chi connectivity index (χ3v) is 7.49. The summed E-state index contributed by atoms with van der Waals surface area (Å²) in [5.41, 5.74) is 9.38. The normalized spacial score (nSPS) is 19.0. The van der Waals surface area contributed by atoms with Gasteiger partial charge in [0.15, 0.2) is 6.61 Å². The molecule has 2 unspecified atom stereocenters. The Balaban J connectivity index is 1.20. The first kappa shape index (κ1) is 26.8. The number of halogens is 3. The number of nitrogens with two attached hydrogens (primary N) is 1. The molecule has 2 aliphatic heterocycles. The van der Waals surface area contributed by atoms with Crippen LogP contribution in [0.5, 0.6) is 11.6 Å². The summed E-state index contributed by atoms with van der Waals surface area (Å²) in [6.45, 7) is 2.18. The highest BCUT2D eigenvalue weighted by Crippen LogP contribution is 2.37. The maximum Gasteiger partial charge on any atom is 0.422 e. The molecule has 6 heterocycles. The van der Waals surface area contributed by atoms with E-state index in [1.807, 2.05) is 24.4 Å². The number of nitrogen functional groups attached to an aromatic ring is 1. The van der Waals surface area contributed by atoms with Crippen molar-refractivity contribution in [2.24, 2.45) is 5.92 Å². The van der Waals surface area contributed by atoms with Gasteiger partial charge < -0.3 is 20.1 Å². The molecule has 0 radical (unpaired) electrons. The van der Waals surface area contributed by atoms with Crippen LogP contribution in [0.2, 0.25) is 0 Å². The topological polar surface area (TPSA) is 118 Å². The summed E-state index contributed by atoms with van der Waals surface area (Å²) in [5, 5.41) is 6.62. The fraction of sp³-hybridized carbons (Fsp3) is 0.357. The summed E-state index contributed by atoms with van der Waals surface area (Å²) in [5.74, 6) is 2.27. The van der Waals surface area contributed by atoms with Crippen molar-refractivity contribution in [2.75, 3.05) is 44.0 Å². The van der Waals surface area contributed by atoms with Crippen LogP contribution < -0.4 is 20.1 Å². The SMILES string of the molecule is COc1ccc(CN2CC3CC2CN(c2ccc(-c4cc(OCC(F)(F)F)cnc4-c4cn[nH]c4N)cn2)C3)cn1. The molecule has 214 valence electrons. The minimum atomic E-state index is -4.47. The van der Waals surface area contributed by atoms with Crippen molar-refractivity contribution in [1.82, 2.24) is 30.0 Å². The van der Waals surface area contributed by atoms with E-state index in [2.05, 4.69) is 36.0 Å². The predicted molar refractivity (Wildman–Crippen MR) is 146 cm³/mol. The Morgan fingerprint density at radius 1 is 1.00 bits per heavy atom. The smallest absolute Gasteiger partial charge is 0.422 e. The molecule has 0 amide bonds. The lowest BCUT2D eigenvalue weighted by atomic mass is 9.99. The number of methoxy groups -OCH3 is 1. The average molecular weight is 567 g/mol. The van der Waals surface area contributed by atoms with Gasteiger partial charge >= 0.3 is 6.18 Å². The van der Waals surface area contributed by atoms with Gasteiger partial charge in [-0.15, -0.1) is 0 Å². The van der Waals surface area contributed by atoms with Crippen LogP contribution in [-0.2, 0) is 6.54 Å². The molecule has 2 aliphatic rings. The van der Waals surface area contributed by atoms with E-state index in [-0.39, 0.29) is 5.75 Å². The number of piperidine rings is 1. The molecular weight excluding hydrogens is 537 g/mol. The average Bonchev–Trinajstić information content (AvgIpc) is 3.52. The van der Waals surface area contributed by atoms with Gasteiger partial charge in [0, 0.05) is 61.8 Å². The van der Waals surface area contributed by atoms with Crippen molar-refractivity contribution in [3.8, 4) is 34.0 Å². The monoisotopic (exact) mass is 566 g/mol. The van der Waals surface area contributed by atoms with Gasteiger partial charge in [-0.05, 0) is 36.1 Å². The third-order valence-electron chi connectivity index (χ3n) is 7.49. The molecule has 41 heavy (non-hydrogen) atoms. The quantitative estimate of drug-likeness (QED) is 0.324. The van der Waals surface area contributed by atoms with Crippen LogP contribution in [0.3, 0.4) is 0 Å². The molecule has 10 nitrogen and oxygen atoms in total.